The fourth-order valence-electron chi connectivity index (χ4n) is 4.69. The van der Waals surface area contributed by atoms with Crippen molar-refractivity contribution in [2.75, 3.05) is 14.2 Å². The number of imide groups is 1. The summed E-state index contributed by atoms with van der Waals surface area (Å²) < 4.78 is 10.4. The number of nitrogens with zero attached hydrogens (tertiary/aromatic N) is 1. The Kier molecular flexibility index (Phi) is 7.51. The molecule has 0 aromatic heterocycles. The molecule has 4 rings (SSSR count). The second-order valence-corrected chi connectivity index (χ2v) is 11.5. The first-order valence-electron chi connectivity index (χ1n) is 11.4. The fourth-order valence-corrected chi connectivity index (χ4v) is 9.23. The lowest BCUT2D eigenvalue weighted by atomic mass is 10.1. The average molecular weight is 503 g/mol. The third-order valence-corrected chi connectivity index (χ3v) is 10.6. The van der Waals surface area contributed by atoms with E-state index in [1.165, 1.54) is 14.2 Å². The molecule has 3 aromatic rings. The Morgan fingerprint density at radius 3 is 1.42 bits per heavy atom. The first-order valence-corrected chi connectivity index (χ1v) is 13.2. The molecule has 0 N–H and O–H groups in total. The van der Waals surface area contributed by atoms with Gasteiger partial charge in [-0.25, -0.2) is 9.59 Å². The fraction of sp³-hybridized carbons (Fsp3) is 0.179. The van der Waals surface area contributed by atoms with Crippen LogP contribution in [-0.4, -0.2) is 54.2 Å². The number of benzene rings is 3. The van der Waals surface area contributed by atoms with Crippen molar-refractivity contribution in [2.45, 2.75) is 18.9 Å². The van der Waals surface area contributed by atoms with Crippen LogP contribution in [0, 0.1) is 0 Å². The summed E-state index contributed by atoms with van der Waals surface area (Å²) in [4.78, 5) is 54.0. The smallest absolute Gasteiger partial charge is 0.337 e. The zero-order valence-electron chi connectivity index (χ0n) is 20.0. The van der Waals surface area contributed by atoms with Crippen LogP contribution < -0.4 is 15.9 Å². The molecule has 3 aromatic carbocycles. The molecule has 2 amide bonds. The minimum absolute atomic E-state index is 0.00375. The summed E-state index contributed by atoms with van der Waals surface area (Å²) in [6.45, 7) is -3.17. The number of amides is 2. The van der Waals surface area contributed by atoms with Crippen LogP contribution in [0.5, 0.6) is 0 Å². The van der Waals surface area contributed by atoms with Crippen molar-refractivity contribution in [1.29, 1.82) is 0 Å². The molecule has 1 saturated heterocycles. The normalized spacial score (nSPS) is 14.3. The third-order valence-electron chi connectivity index (χ3n) is 6.22. The largest absolute Gasteiger partial charge is 0.467 e. The highest BCUT2D eigenvalue weighted by Crippen LogP contribution is 2.48. The van der Waals surface area contributed by atoms with E-state index in [1.54, 1.807) is 0 Å². The van der Waals surface area contributed by atoms with Gasteiger partial charge < -0.3 is 9.47 Å². The van der Waals surface area contributed by atoms with Gasteiger partial charge in [-0.2, -0.15) is 0 Å². The van der Waals surface area contributed by atoms with Crippen molar-refractivity contribution >= 4 is 51.8 Å². The predicted molar refractivity (Wildman–Crippen MR) is 139 cm³/mol. The van der Waals surface area contributed by atoms with E-state index in [0.717, 1.165) is 20.8 Å². The van der Waals surface area contributed by atoms with Crippen LogP contribution in [0.2, 0.25) is 0 Å². The highest BCUT2D eigenvalue weighted by Gasteiger charge is 2.48. The molecule has 8 heteroatoms. The maximum atomic E-state index is 13.8. The number of methoxy groups -OCH3 is 2. The molecule has 1 heterocycles. The zero-order chi connectivity index (χ0) is 25.7. The summed E-state index contributed by atoms with van der Waals surface area (Å²) >= 11 is 0. The Hall–Kier alpha value is -3.96. The highest BCUT2D eigenvalue weighted by molar-refractivity contribution is 7.96. The summed E-state index contributed by atoms with van der Waals surface area (Å²) in [5, 5.41) is 2.28. The van der Waals surface area contributed by atoms with Gasteiger partial charge in [-0.05, 0) is 22.8 Å². The Bertz CT molecular complexity index is 1220. The molecule has 1 aliphatic rings. The van der Waals surface area contributed by atoms with E-state index < -0.39 is 36.7 Å². The van der Waals surface area contributed by atoms with Crippen LogP contribution in [-0.2, 0) is 28.7 Å². The van der Waals surface area contributed by atoms with Crippen molar-refractivity contribution in [2.24, 2.45) is 0 Å². The second kappa shape index (κ2) is 10.8. The van der Waals surface area contributed by atoms with Gasteiger partial charge in [0, 0.05) is 12.8 Å². The lowest BCUT2D eigenvalue weighted by Crippen LogP contribution is -2.54. The number of hydrogen-bond donors (Lipinski definition) is 0. The Labute approximate surface area is 209 Å². The van der Waals surface area contributed by atoms with Gasteiger partial charge in [0.25, 0.3) is 0 Å². The molecule has 1 fully saturated rings. The molecule has 0 bridgehead atoms. The van der Waals surface area contributed by atoms with Crippen molar-refractivity contribution in [3.05, 3.63) is 91.0 Å². The molecule has 184 valence electrons. The zero-order valence-corrected chi connectivity index (χ0v) is 20.9. The molecular weight excluding hydrogens is 477 g/mol. The van der Waals surface area contributed by atoms with Crippen LogP contribution in [0.3, 0.4) is 0 Å². The van der Waals surface area contributed by atoms with Gasteiger partial charge in [-0.1, -0.05) is 91.0 Å². The van der Waals surface area contributed by atoms with Crippen LogP contribution >= 0.6 is 6.89 Å². The van der Waals surface area contributed by atoms with Gasteiger partial charge in [0.1, 0.15) is 0 Å². The molecule has 1 unspecified atom stereocenters. The van der Waals surface area contributed by atoms with Gasteiger partial charge in [0.2, 0.25) is 11.8 Å². The van der Waals surface area contributed by atoms with Crippen LogP contribution in [0.4, 0.5) is 0 Å². The van der Waals surface area contributed by atoms with Gasteiger partial charge >= 0.3 is 11.9 Å². The molecule has 7 nitrogen and oxygen atoms in total. The van der Waals surface area contributed by atoms with Gasteiger partial charge in [0.15, 0.2) is 6.04 Å². The lowest BCUT2D eigenvalue weighted by molar-refractivity contribution is -0.153. The molecule has 0 aliphatic carbocycles. The van der Waals surface area contributed by atoms with E-state index in [2.05, 4.69) is 0 Å². The van der Waals surface area contributed by atoms with Crippen LogP contribution in [0.15, 0.2) is 91.0 Å². The molecule has 0 spiro atoms. The summed E-state index contributed by atoms with van der Waals surface area (Å²) in [5.41, 5.74) is 0. The number of esters is 2. The molecule has 1 atom stereocenters. The highest BCUT2D eigenvalue weighted by atomic mass is 31.2. The number of likely N-dealkylation sites (tertiary alicyclic amines) is 1. The number of carbonyl (C=O) groups is 4. The van der Waals surface area contributed by atoms with E-state index in [1.807, 2.05) is 91.0 Å². The molecular formula is C28H26NO6P. The molecule has 36 heavy (non-hydrogen) atoms. The van der Waals surface area contributed by atoms with Gasteiger partial charge in [-0.15, -0.1) is 0 Å². The Balaban J connectivity index is 2.31. The number of carbonyl (C=O) groups excluding carboxylic acids is 4. The molecule has 1 aliphatic heterocycles. The first kappa shape index (κ1) is 25.1. The van der Waals surface area contributed by atoms with Crippen molar-refractivity contribution in [3.8, 4) is 0 Å². The van der Waals surface area contributed by atoms with E-state index in [4.69, 9.17) is 9.47 Å². The topological polar surface area (TPSA) is 90.0 Å². The minimum Gasteiger partial charge on any atom is -0.467 e. The van der Waals surface area contributed by atoms with E-state index in [9.17, 15) is 19.2 Å². The quantitative estimate of drug-likeness (QED) is 0.279. The monoisotopic (exact) mass is 503 g/mol. The summed E-state index contributed by atoms with van der Waals surface area (Å²) in [6.07, 6.45) is -0.0948. The number of rotatable bonds is 7. The molecule has 0 saturated carbocycles. The summed E-state index contributed by atoms with van der Waals surface area (Å²) in [5.74, 6) is -2.75. The van der Waals surface area contributed by atoms with E-state index in [0.29, 0.717) is 0 Å². The predicted octanol–water partition coefficient (Wildman–Crippen LogP) is 2.02. The van der Waals surface area contributed by atoms with Crippen molar-refractivity contribution in [3.63, 3.8) is 0 Å². The third kappa shape index (κ3) is 4.27. The first-order chi connectivity index (χ1) is 17.5. The Morgan fingerprint density at radius 2 is 1.08 bits per heavy atom. The lowest BCUT2D eigenvalue weighted by Gasteiger charge is -2.36. The number of hydrogen-bond acceptors (Lipinski definition) is 6. The van der Waals surface area contributed by atoms with Crippen LogP contribution in [0.25, 0.3) is 0 Å². The van der Waals surface area contributed by atoms with Crippen molar-refractivity contribution in [1.82, 2.24) is 4.90 Å². The maximum Gasteiger partial charge on any atom is 0.337 e. The van der Waals surface area contributed by atoms with Gasteiger partial charge in [0.05, 0.1) is 19.5 Å². The van der Waals surface area contributed by atoms with E-state index in [-0.39, 0.29) is 18.1 Å². The maximum absolute atomic E-state index is 13.8. The molecule has 0 radical (unpaired) electrons. The Morgan fingerprint density at radius 1 is 0.694 bits per heavy atom. The van der Waals surface area contributed by atoms with Crippen LogP contribution in [0.1, 0.15) is 12.8 Å². The summed E-state index contributed by atoms with van der Waals surface area (Å²) in [6, 6.07) is 26.4. The minimum atomic E-state index is -3.17. The summed E-state index contributed by atoms with van der Waals surface area (Å²) in [7, 11) is 2.39. The SMILES string of the molecule is COC(=O)C(C(C(=O)OC)N1C(=O)CCC1=O)=P(c1ccccc1)(c1ccccc1)c1ccccc1. The van der Waals surface area contributed by atoms with Gasteiger partial charge in [-0.3, -0.25) is 14.5 Å². The number of ether oxygens (including phenoxy) is 2. The average Bonchev–Trinajstić information content (AvgIpc) is 3.27. The van der Waals surface area contributed by atoms with Crippen molar-refractivity contribution < 1.29 is 28.7 Å². The van der Waals surface area contributed by atoms with E-state index >= 15 is 0 Å². The standard InChI is InChI=1S/C28H26NO6P/c1-34-27(32)25(29-23(30)18-19-24(29)31)26(28(33)35-2)36(20-12-6-3-7-13-20,21-14-8-4-9-15-21)22-16-10-5-11-17-22/h3-17,25H,18-19H2,1-2H3. The second-order valence-electron chi connectivity index (χ2n) is 8.14.